The lowest BCUT2D eigenvalue weighted by Gasteiger charge is -2.30. The summed E-state index contributed by atoms with van der Waals surface area (Å²) < 4.78 is 38.4. The fourth-order valence-corrected chi connectivity index (χ4v) is 8.09. The number of carbonyl (C=O) groups is 5. The van der Waals surface area contributed by atoms with Crippen LogP contribution in [0.5, 0.6) is 0 Å². The van der Waals surface area contributed by atoms with Crippen molar-refractivity contribution < 1.29 is 41.9 Å². The van der Waals surface area contributed by atoms with Crippen molar-refractivity contribution in [1.82, 2.24) is 25.6 Å². The molecule has 2 aliphatic heterocycles. The molecule has 2 saturated carbocycles. The smallest absolute Gasteiger partial charge is 0.407 e. The Bertz CT molecular complexity index is 1390. The second kappa shape index (κ2) is 14.8. The van der Waals surface area contributed by atoms with Gasteiger partial charge in [0.15, 0.2) is 0 Å². The molecule has 270 valence electrons. The molecule has 0 aromatic rings. The number of sulfonamides is 1. The monoisotopic (exact) mass is 711 g/mol. The predicted molar refractivity (Wildman–Crippen MR) is 181 cm³/mol. The Morgan fingerprint density at radius 2 is 1.75 bits per heavy atom. The van der Waals surface area contributed by atoms with Gasteiger partial charge >= 0.3 is 12.2 Å². The third-order valence-electron chi connectivity index (χ3n) is 8.98. The Labute approximate surface area is 284 Å². The van der Waals surface area contributed by atoms with Gasteiger partial charge in [0.25, 0.3) is 5.91 Å². The van der Waals surface area contributed by atoms with Crippen LogP contribution in [0.15, 0.2) is 12.2 Å². The molecule has 0 bridgehead atoms. The van der Waals surface area contributed by atoms with E-state index >= 15 is 0 Å². The molecule has 5 amide bonds. The van der Waals surface area contributed by atoms with Gasteiger partial charge in [0.2, 0.25) is 21.8 Å². The molecule has 0 unspecified atom stereocenters. The van der Waals surface area contributed by atoms with Gasteiger partial charge in [0.1, 0.15) is 23.2 Å². The number of alkyl carbamates (subject to hydrolysis) is 2. The topological polar surface area (TPSA) is 189 Å². The number of allylic oxidation sites excluding steroid dienone is 1. The summed E-state index contributed by atoms with van der Waals surface area (Å²) in [6.07, 6.45) is 6.69. The quantitative estimate of drug-likeness (QED) is 0.217. The SMILES string of the molecule is CC(C)(C)OC(=O)N[C@@H]1C[C@H]2C(=O)N[C@]3(C(=O)NS(=O)(=O)C4CC4)C[C@H]3/C=C\CCCCC[C@H](NC(=O)OCC[Si](C)(C)C)C(=O)N2C1. The molecular weight excluding hydrogens is 659 g/mol. The van der Waals surface area contributed by atoms with Crippen LogP contribution < -0.4 is 20.7 Å². The Kier molecular flexibility index (Phi) is 11.6. The summed E-state index contributed by atoms with van der Waals surface area (Å²) in [6, 6.07) is -2.02. The minimum Gasteiger partial charge on any atom is -0.450 e. The maximum Gasteiger partial charge on any atom is 0.407 e. The minimum absolute atomic E-state index is 0.0166. The van der Waals surface area contributed by atoms with Gasteiger partial charge < -0.3 is 30.3 Å². The fraction of sp³-hybridized carbons (Fsp3) is 0.781. The molecular formula is C32H53N5O9SSi. The first-order valence-corrected chi connectivity index (χ1v) is 22.3. The van der Waals surface area contributed by atoms with E-state index in [2.05, 4.69) is 40.3 Å². The van der Waals surface area contributed by atoms with Gasteiger partial charge in [-0.05, 0) is 71.8 Å². The molecule has 0 spiro atoms. The number of carbonyl (C=O) groups excluding carboxylic acids is 5. The highest BCUT2D eigenvalue weighted by Gasteiger charge is 2.62. The molecule has 1 saturated heterocycles. The summed E-state index contributed by atoms with van der Waals surface area (Å²) in [4.78, 5) is 68.6. The van der Waals surface area contributed by atoms with Gasteiger partial charge in [0.05, 0.1) is 17.9 Å². The maximum absolute atomic E-state index is 14.2. The number of hydrogen-bond acceptors (Lipinski definition) is 9. The van der Waals surface area contributed by atoms with Crippen LogP contribution in [-0.4, -0.2) is 99.0 Å². The second-order valence-corrected chi connectivity index (χ2v) is 23.3. The van der Waals surface area contributed by atoms with Crippen molar-refractivity contribution in [2.24, 2.45) is 5.92 Å². The fourth-order valence-electron chi connectivity index (χ4n) is 6.01. The Balaban J connectivity index is 1.59. The zero-order valence-corrected chi connectivity index (χ0v) is 30.9. The van der Waals surface area contributed by atoms with E-state index in [1.54, 1.807) is 20.8 Å². The third kappa shape index (κ3) is 10.4. The number of hydrogen-bond donors (Lipinski definition) is 4. The third-order valence-corrected chi connectivity index (χ3v) is 12.5. The first-order valence-electron chi connectivity index (χ1n) is 17.1. The van der Waals surface area contributed by atoms with E-state index in [4.69, 9.17) is 9.47 Å². The molecule has 2 heterocycles. The summed E-state index contributed by atoms with van der Waals surface area (Å²) in [7, 11) is -5.35. The first-order chi connectivity index (χ1) is 22.3. The van der Waals surface area contributed by atoms with E-state index in [1.165, 1.54) is 4.90 Å². The summed E-state index contributed by atoms with van der Waals surface area (Å²) in [5, 5.41) is 7.65. The zero-order chi connectivity index (χ0) is 35.5. The molecule has 4 aliphatic rings. The van der Waals surface area contributed by atoms with E-state index in [9.17, 15) is 32.4 Å². The van der Waals surface area contributed by atoms with Crippen LogP contribution in [0.3, 0.4) is 0 Å². The lowest BCUT2D eigenvalue weighted by atomic mass is 10.0. The van der Waals surface area contributed by atoms with E-state index in [-0.39, 0.29) is 26.0 Å². The molecule has 0 aromatic heterocycles. The molecule has 0 radical (unpaired) electrons. The molecule has 3 fully saturated rings. The van der Waals surface area contributed by atoms with Gasteiger partial charge in [-0.3, -0.25) is 19.1 Å². The van der Waals surface area contributed by atoms with Crippen molar-refractivity contribution in [1.29, 1.82) is 0 Å². The van der Waals surface area contributed by atoms with Gasteiger partial charge in [0, 0.05) is 20.5 Å². The number of nitrogens with zero attached hydrogens (tertiary/aromatic N) is 1. The predicted octanol–water partition coefficient (Wildman–Crippen LogP) is 2.92. The van der Waals surface area contributed by atoms with E-state index < -0.39 is 88.4 Å². The summed E-state index contributed by atoms with van der Waals surface area (Å²) in [5.41, 5.74) is -2.28. The number of amides is 5. The molecule has 4 N–H and O–H groups in total. The molecule has 2 aliphatic carbocycles. The van der Waals surface area contributed by atoms with Gasteiger partial charge in [-0.1, -0.05) is 44.6 Å². The van der Waals surface area contributed by atoms with Crippen LogP contribution in [0.1, 0.15) is 78.6 Å². The number of fused-ring (bicyclic) bond motifs is 2. The maximum atomic E-state index is 14.2. The zero-order valence-electron chi connectivity index (χ0n) is 29.1. The van der Waals surface area contributed by atoms with Gasteiger partial charge in [-0.15, -0.1) is 0 Å². The highest BCUT2D eigenvalue weighted by Crippen LogP contribution is 2.46. The first kappa shape index (κ1) is 37.7. The van der Waals surface area contributed by atoms with Crippen molar-refractivity contribution >= 4 is 48.0 Å². The van der Waals surface area contributed by atoms with Crippen LogP contribution in [0.4, 0.5) is 9.59 Å². The summed E-state index contributed by atoms with van der Waals surface area (Å²) in [6.45, 7) is 11.8. The molecule has 5 atom stereocenters. The molecule has 4 rings (SSSR count). The van der Waals surface area contributed by atoms with Crippen molar-refractivity contribution in [3.63, 3.8) is 0 Å². The van der Waals surface area contributed by atoms with Gasteiger partial charge in [-0.25, -0.2) is 18.0 Å². The number of ether oxygens (including phenoxy) is 2. The van der Waals surface area contributed by atoms with Crippen LogP contribution in [0.25, 0.3) is 0 Å². The van der Waals surface area contributed by atoms with Crippen molar-refractivity contribution in [3.8, 4) is 0 Å². The van der Waals surface area contributed by atoms with E-state index in [1.807, 2.05) is 12.2 Å². The van der Waals surface area contributed by atoms with Crippen molar-refractivity contribution in [2.75, 3.05) is 13.2 Å². The van der Waals surface area contributed by atoms with Crippen LogP contribution in [0, 0.1) is 5.92 Å². The Morgan fingerprint density at radius 1 is 1.04 bits per heavy atom. The van der Waals surface area contributed by atoms with E-state index in [0.717, 1.165) is 18.9 Å². The van der Waals surface area contributed by atoms with Crippen molar-refractivity contribution in [2.45, 2.75) is 139 Å². The standard InChI is InChI=1S/C32H53N5O9SSi/c1-31(2,3)46-30(42)33-22-18-25-26(38)35-32(28(40)36-47(43,44)23-14-15-23)19-21(32)12-10-8-7-9-11-13-24(27(39)37(25)20-22)34-29(41)45-16-17-48(4,5)6/h10,12,21-25H,7-9,11,13-20H2,1-6H3,(H,33,42)(H,34,41)(H,35,38)(H,36,40)/b12-10-/t21-,22-,24+,25+,32-/m1/s1. The number of nitrogens with one attached hydrogen (secondary N) is 4. The molecule has 0 aromatic carbocycles. The minimum atomic E-state index is -3.88. The Hall–Kier alpha value is -3.14. The highest BCUT2D eigenvalue weighted by molar-refractivity contribution is 7.91. The lowest BCUT2D eigenvalue weighted by molar-refractivity contribution is -0.141. The van der Waals surface area contributed by atoms with Crippen LogP contribution in [-0.2, 0) is 33.9 Å². The summed E-state index contributed by atoms with van der Waals surface area (Å²) >= 11 is 0. The normalized spacial score (nSPS) is 29.2. The number of rotatable bonds is 8. The van der Waals surface area contributed by atoms with Crippen LogP contribution >= 0.6 is 0 Å². The molecule has 16 heteroatoms. The highest BCUT2D eigenvalue weighted by atomic mass is 32.2. The van der Waals surface area contributed by atoms with Crippen LogP contribution in [0.2, 0.25) is 25.7 Å². The average molecular weight is 712 g/mol. The average Bonchev–Trinajstić information content (AvgIpc) is 3.86. The second-order valence-electron chi connectivity index (χ2n) is 15.7. The summed E-state index contributed by atoms with van der Waals surface area (Å²) in [5.74, 6) is -2.40. The molecule has 14 nitrogen and oxygen atoms in total. The van der Waals surface area contributed by atoms with Gasteiger partial charge in [-0.2, -0.15) is 0 Å². The largest absolute Gasteiger partial charge is 0.450 e. The molecule has 48 heavy (non-hydrogen) atoms. The van der Waals surface area contributed by atoms with E-state index in [0.29, 0.717) is 32.1 Å². The lowest BCUT2D eigenvalue weighted by Crippen LogP contribution is -2.58. The Morgan fingerprint density at radius 3 is 2.40 bits per heavy atom. The van der Waals surface area contributed by atoms with Crippen molar-refractivity contribution in [3.05, 3.63) is 12.2 Å².